The minimum Gasteiger partial charge on any atom is -0.477 e. The van der Waals surface area contributed by atoms with Gasteiger partial charge in [0.05, 0.1) is 12.1 Å². The molecule has 12 heteroatoms. The molecule has 0 bridgehead atoms. The fourth-order valence-electron chi connectivity index (χ4n) is 5.85. The van der Waals surface area contributed by atoms with Crippen LogP contribution in [0.2, 0.25) is 5.15 Å². The normalized spacial score (nSPS) is 19.7. The molecule has 1 unspecified atom stereocenters. The van der Waals surface area contributed by atoms with Gasteiger partial charge >= 0.3 is 12.1 Å². The van der Waals surface area contributed by atoms with Crippen LogP contribution in [-0.4, -0.2) is 87.4 Å². The Hall–Kier alpha value is -2.66. The lowest BCUT2D eigenvalue weighted by molar-refractivity contribution is 0.0238. The molecule has 5 heterocycles. The zero-order valence-corrected chi connectivity index (χ0v) is 25.9. The number of anilines is 1. The predicted molar refractivity (Wildman–Crippen MR) is 158 cm³/mol. The Morgan fingerprint density at radius 1 is 1.22 bits per heavy atom. The molecule has 41 heavy (non-hydrogen) atoms. The van der Waals surface area contributed by atoms with Crippen LogP contribution in [0.1, 0.15) is 80.1 Å². The molecule has 2 fully saturated rings. The predicted octanol–water partition coefficient (Wildman–Crippen LogP) is 6.06. The molecule has 0 aliphatic carbocycles. The number of hydrogen-bond acceptors (Lipinski definition) is 9. The Bertz CT molecular complexity index is 1220. The van der Waals surface area contributed by atoms with Gasteiger partial charge < -0.3 is 24.4 Å². The van der Waals surface area contributed by atoms with Gasteiger partial charge in [-0.3, -0.25) is 4.90 Å². The number of aromatic nitrogens is 3. The van der Waals surface area contributed by atoms with Crippen LogP contribution in [-0.2, 0) is 4.74 Å². The number of hydrogen-bond donors (Lipinski definition) is 1. The van der Waals surface area contributed by atoms with E-state index >= 15 is 4.39 Å². The third-order valence-electron chi connectivity index (χ3n) is 7.60. The third kappa shape index (κ3) is 7.05. The van der Waals surface area contributed by atoms with Gasteiger partial charge in [0.2, 0.25) is 5.88 Å². The van der Waals surface area contributed by atoms with Crippen LogP contribution in [0.4, 0.5) is 15.0 Å². The number of rotatable bonds is 7. The standard InChI is InChI=1S/C27H38ClFN6O4.C2H6/c1-5-11-34(25(36)39-26(2,3)4)15-17-8-14-37-23-18-20(19(29)21(28)32-23)31-24(33-22(18)30-17)38-16-27-9-6-12-35(27)13-7-10-27;1-2/h17H,5-16H2,1-4H3,(H,30,31,33);1-2H3. The summed E-state index contributed by atoms with van der Waals surface area (Å²) in [7, 11) is 0. The summed E-state index contributed by atoms with van der Waals surface area (Å²) in [6, 6.07) is -0.178. The molecular weight excluding hydrogens is 551 g/mol. The van der Waals surface area contributed by atoms with Crippen molar-refractivity contribution in [3.8, 4) is 11.9 Å². The number of nitrogens with zero attached hydrogens (tertiary/aromatic N) is 5. The van der Waals surface area contributed by atoms with E-state index in [9.17, 15) is 4.79 Å². The van der Waals surface area contributed by atoms with Crippen LogP contribution in [0, 0.1) is 5.82 Å². The SMILES string of the molecule is CC.CCCN(CC1CCOc2nc(Cl)c(F)c3nc(OCC45CCCN4CCC5)nc(c23)N1)C(=O)OC(C)(C)C. The van der Waals surface area contributed by atoms with Gasteiger partial charge in [-0.2, -0.15) is 15.0 Å². The maximum absolute atomic E-state index is 15.3. The van der Waals surface area contributed by atoms with Gasteiger partial charge in [-0.05, 0) is 66.0 Å². The summed E-state index contributed by atoms with van der Waals surface area (Å²) in [5, 5.41) is 3.39. The number of ether oxygens (including phenoxy) is 3. The van der Waals surface area contributed by atoms with E-state index in [4.69, 9.17) is 25.8 Å². The zero-order chi connectivity index (χ0) is 29.8. The van der Waals surface area contributed by atoms with Gasteiger partial charge in [0.15, 0.2) is 11.0 Å². The Morgan fingerprint density at radius 2 is 1.93 bits per heavy atom. The van der Waals surface area contributed by atoms with Gasteiger partial charge in [0.1, 0.15) is 28.9 Å². The van der Waals surface area contributed by atoms with Crippen molar-refractivity contribution in [1.82, 2.24) is 24.8 Å². The number of carbonyl (C=O) groups is 1. The molecule has 0 saturated carbocycles. The lowest BCUT2D eigenvalue weighted by atomic mass is 9.95. The number of pyridine rings is 1. The molecule has 0 aromatic carbocycles. The van der Waals surface area contributed by atoms with E-state index in [2.05, 4.69) is 25.2 Å². The molecule has 1 amide bonds. The highest BCUT2D eigenvalue weighted by molar-refractivity contribution is 6.30. The van der Waals surface area contributed by atoms with E-state index in [0.29, 0.717) is 37.3 Å². The summed E-state index contributed by atoms with van der Waals surface area (Å²) in [4.78, 5) is 30.3. The van der Waals surface area contributed by atoms with E-state index in [1.54, 1.807) is 4.90 Å². The minimum absolute atomic E-state index is 0.0112. The number of fused-ring (bicyclic) bond motifs is 1. The molecule has 2 aromatic rings. The summed E-state index contributed by atoms with van der Waals surface area (Å²) in [5.41, 5.74) is -0.639. The highest BCUT2D eigenvalue weighted by Gasteiger charge is 2.45. The smallest absolute Gasteiger partial charge is 0.410 e. The van der Waals surface area contributed by atoms with Crippen molar-refractivity contribution in [2.75, 3.05) is 44.7 Å². The maximum Gasteiger partial charge on any atom is 0.410 e. The molecule has 1 N–H and O–H groups in total. The Balaban J connectivity index is 0.00000189. The third-order valence-corrected chi connectivity index (χ3v) is 7.85. The topological polar surface area (TPSA) is 102 Å². The van der Waals surface area contributed by atoms with Crippen molar-refractivity contribution in [2.45, 2.75) is 97.2 Å². The van der Waals surface area contributed by atoms with Crippen LogP contribution in [0.3, 0.4) is 0 Å². The fourth-order valence-corrected chi connectivity index (χ4v) is 6.01. The quantitative estimate of drug-likeness (QED) is 0.383. The van der Waals surface area contributed by atoms with Crippen LogP contribution in [0.5, 0.6) is 11.9 Å². The van der Waals surface area contributed by atoms with Crippen molar-refractivity contribution in [1.29, 1.82) is 0 Å². The van der Waals surface area contributed by atoms with E-state index in [0.717, 1.165) is 45.2 Å². The van der Waals surface area contributed by atoms with Crippen molar-refractivity contribution in [2.24, 2.45) is 0 Å². The molecule has 3 aliphatic heterocycles. The Labute approximate surface area is 247 Å². The zero-order valence-electron chi connectivity index (χ0n) is 25.2. The number of amides is 1. The van der Waals surface area contributed by atoms with Crippen LogP contribution in [0.25, 0.3) is 10.9 Å². The van der Waals surface area contributed by atoms with Crippen LogP contribution in [0.15, 0.2) is 0 Å². The summed E-state index contributed by atoms with van der Waals surface area (Å²) >= 11 is 6.11. The van der Waals surface area contributed by atoms with E-state index in [-0.39, 0.29) is 46.8 Å². The van der Waals surface area contributed by atoms with Gasteiger partial charge in [-0.15, -0.1) is 0 Å². The molecule has 1 atom stereocenters. The molecule has 3 aliphatic rings. The van der Waals surface area contributed by atoms with Gasteiger partial charge in [-0.25, -0.2) is 9.18 Å². The summed E-state index contributed by atoms with van der Waals surface area (Å²) in [6.45, 7) is 15.3. The van der Waals surface area contributed by atoms with Crippen molar-refractivity contribution < 1.29 is 23.4 Å². The highest BCUT2D eigenvalue weighted by Crippen LogP contribution is 2.40. The lowest BCUT2D eigenvalue weighted by Crippen LogP contribution is -2.44. The van der Waals surface area contributed by atoms with Gasteiger partial charge in [-0.1, -0.05) is 32.4 Å². The monoisotopic (exact) mass is 594 g/mol. The first-order chi connectivity index (χ1) is 19.6. The molecule has 5 rings (SSSR count). The van der Waals surface area contributed by atoms with Crippen LogP contribution >= 0.6 is 11.6 Å². The Morgan fingerprint density at radius 3 is 2.59 bits per heavy atom. The Kier molecular flexibility index (Phi) is 10.00. The summed E-state index contributed by atoms with van der Waals surface area (Å²) in [5.74, 6) is -0.252. The first-order valence-corrected chi connectivity index (χ1v) is 15.3. The second-order valence-electron chi connectivity index (χ2n) is 11.7. The van der Waals surface area contributed by atoms with E-state index in [1.807, 2.05) is 41.5 Å². The number of carbonyl (C=O) groups excluding carboxylic acids is 1. The van der Waals surface area contributed by atoms with Crippen molar-refractivity contribution in [3.05, 3.63) is 11.0 Å². The number of nitrogens with one attached hydrogen (secondary N) is 1. The molecular formula is C29H44ClFN6O4. The van der Waals surface area contributed by atoms with E-state index < -0.39 is 11.4 Å². The molecule has 2 saturated heterocycles. The van der Waals surface area contributed by atoms with Gasteiger partial charge in [0.25, 0.3) is 0 Å². The first-order valence-electron chi connectivity index (χ1n) is 14.9. The summed E-state index contributed by atoms with van der Waals surface area (Å²) < 4.78 is 33.0. The molecule has 10 nitrogen and oxygen atoms in total. The molecule has 2 aromatic heterocycles. The second kappa shape index (κ2) is 13.1. The molecule has 0 spiro atoms. The minimum atomic E-state index is -0.755. The second-order valence-corrected chi connectivity index (χ2v) is 12.1. The average Bonchev–Trinajstić information content (AvgIpc) is 3.49. The largest absolute Gasteiger partial charge is 0.477 e. The first kappa shape index (κ1) is 31.3. The molecule has 228 valence electrons. The lowest BCUT2D eigenvalue weighted by Gasteiger charge is -2.32. The van der Waals surface area contributed by atoms with Crippen LogP contribution < -0.4 is 14.8 Å². The van der Waals surface area contributed by atoms with Crippen molar-refractivity contribution >= 4 is 34.4 Å². The van der Waals surface area contributed by atoms with Crippen molar-refractivity contribution in [3.63, 3.8) is 0 Å². The molecule has 0 radical (unpaired) electrons. The van der Waals surface area contributed by atoms with Gasteiger partial charge in [0, 0.05) is 25.6 Å². The number of halogens is 2. The van der Waals surface area contributed by atoms with E-state index in [1.165, 1.54) is 0 Å². The summed E-state index contributed by atoms with van der Waals surface area (Å²) in [6.07, 6.45) is 5.33. The highest BCUT2D eigenvalue weighted by atomic mass is 35.5. The average molecular weight is 595 g/mol. The fraction of sp³-hybridized carbons (Fsp3) is 0.724. The maximum atomic E-state index is 15.3.